The summed E-state index contributed by atoms with van der Waals surface area (Å²) < 4.78 is 71.0. The number of aryl methyl sites for hydroxylation is 1. The van der Waals surface area contributed by atoms with E-state index in [2.05, 4.69) is 9.97 Å². The van der Waals surface area contributed by atoms with Crippen molar-refractivity contribution in [1.29, 1.82) is 0 Å². The molecule has 10 nitrogen and oxygen atoms in total. The Kier molecular flexibility index (Phi) is 9.68. The van der Waals surface area contributed by atoms with Crippen LogP contribution in [0.2, 0.25) is 0 Å². The molecule has 2 fully saturated rings. The number of nitrogens with one attached hydrogen (secondary N) is 1. The number of hydrogen-bond acceptors (Lipinski definition) is 8. The lowest BCUT2D eigenvalue weighted by Crippen LogP contribution is -2.62. The Morgan fingerprint density at radius 3 is 2.15 bits per heavy atom. The van der Waals surface area contributed by atoms with Gasteiger partial charge >= 0.3 is 6.18 Å². The van der Waals surface area contributed by atoms with Crippen LogP contribution in [0.1, 0.15) is 43.7 Å². The molecule has 2 aliphatic rings. The molecule has 1 amide bonds. The van der Waals surface area contributed by atoms with Gasteiger partial charge in [-0.25, -0.2) is 28.2 Å². The quantitative estimate of drug-likeness (QED) is 0.370. The van der Waals surface area contributed by atoms with Gasteiger partial charge in [-0.1, -0.05) is 6.92 Å². The van der Waals surface area contributed by atoms with Gasteiger partial charge in [-0.15, -0.1) is 12.4 Å². The van der Waals surface area contributed by atoms with Crippen LogP contribution >= 0.6 is 12.4 Å². The average molecular weight is 594 g/mol. The number of piperidine rings is 2. The van der Waals surface area contributed by atoms with Gasteiger partial charge in [0, 0.05) is 38.6 Å². The number of amides is 1. The van der Waals surface area contributed by atoms with E-state index < -0.39 is 38.5 Å². The first-order valence-corrected chi connectivity index (χ1v) is 13.8. The lowest BCUT2D eigenvalue weighted by atomic mass is 9.95. The van der Waals surface area contributed by atoms with Crippen LogP contribution in [0.25, 0.3) is 0 Å². The molecule has 0 unspecified atom stereocenters. The van der Waals surface area contributed by atoms with E-state index in [-0.39, 0.29) is 57.2 Å². The van der Waals surface area contributed by atoms with Gasteiger partial charge in [0.05, 0.1) is 5.56 Å². The Labute approximate surface area is 231 Å². The van der Waals surface area contributed by atoms with Crippen LogP contribution in [0.5, 0.6) is 5.75 Å². The lowest BCUT2D eigenvalue weighted by Gasteiger charge is -2.43. The van der Waals surface area contributed by atoms with Crippen molar-refractivity contribution >= 4 is 34.3 Å². The molecular weight excluding hydrogens is 563 g/mol. The molecule has 2 aromatic rings. The number of rotatable bonds is 7. The number of ether oxygens (including phenoxy) is 1. The van der Waals surface area contributed by atoms with Crippen molar-refractivity contribution in [2.45, 2.75) is 56.1 Å². The summed E-state index contributed by atoms with van der Waals surface area (Å²) >= 11 is 0. The highest BCUT2D eigenvalue weighted by atomic mass is 35.5. The fourth-order valence-corrected chi connectivity index (χ4v) is 6.98. The fourth-order valence-electron chi connectivity index (χ4n) is 4.82. The number of nitrogens with zero attached hydrogens (tertiary/aromatic N) is 4. The van der Waals surface area contributed by atoms with Crippen LogP contribution in [-0.2, 0) is 27.4 Å². The van der Waals surface area contributed by atoms with Crippen LogP contribution in [0.4, 0.5) is 19.1 Å². The topological polar surface area (TPSA) is 125 Å². The van der Waals surface area contributed by atoms with Crippen molar-refractivity contribution in [3.8, 4) is 5.75 Å². The van der Waals surface area contributed by atoms with E-state index >= 15 is 0 Å². The van der Waals surface area contributed by atoms with Crippen molar-refractivity contribution in [2.75, 3.05) is 31.1 Å². The third-order valence-electron chi connectivity index (χ3n) is 7.19. The Hall–Kier alpha value is -2.68. The Balaban J connectivity index is 0.00000420. The third kappa shape index (κ3) is 6.39. The first-order valence-electron chi connectivity index (χ1n) is 12.3. The molecule has 0 bridgehead atoms. The van der Waals surface area contributed by atoms with Gasteiger partial charge < -0.3 is 9.64 Å². The van der Waals surface area contributed by atoms with E-state index in [0.29, 0.717) is 18.8 Å². The van der Waals surface area contributed by atoms with Crippen molar-refractivity contribution < 1.29 is 36.3 Å². The number of carbonyl (C=O) groups excluding carboxylic acids is 1. The highest BCUT2D eigenvalue weighted by Crippen LogP contribution is 2.36. The van der Waals surface area contributed by atoms with Crippen LogP contribution < -0.4 is 15.1 Å². The van der Waals surface area contributed by atoms with Crippen molar-refractivity contribution in [3.05, 3.63) is 47.8 Å². The minimum Gasteiger partial charge on any atom is -0.490 e. The molecule has 216 valence electrons. The summed E-state index contributed by atoms with van der Waals surface area (Å²) in [6.45, 7) is 2.52. The second-order valence-electron chi connectivity index (χ2n) is 9.41. The molecule has 0 atom stereocenters. The minimum absolute atomic E-state index is 0. The van der Waals surface area contributed by atoms with Crippen molar-refractivity contribution in [1.82, 2.24) is 19.8 Å². The molecule has 2 aliphatic heterocycles. The second-order valence-corrected chi connectivity index (χ2v) is 11.7. The predicted octanol–water partition coefficient (Wildman–Crippen LogP) is 3.20. The van der Waals surface area contributed by atoms with Crippen LogP contribution in [0, 0.1) is 0 Å². The number of sulfonamides is 1. The summed E-state index contributed by atoms with van der Waals surface area (Å²) in [5, 5.41) is 9.42. The molecule has 15 heteroatoms. The zero-order valence-electron chi connectivity index (χ0n) is 21.2. The third-order valence-corrected chi connectivity index (χ3v) is 9.81. The Morgan fingerprint density at radius 1 is 1.10 bits per heavy atom. The van der Waals surface area contributed by atoms with Crippen molar-refractivity contribution in [3.63, 3.8) is 0 Å². The van der Waals surface area contributed by atoms with Crippen molar-refractivity contribution in [2.24, 2.45) is 0 Å². The van der Waals surface area contributed by atoms with E-state index in [1.54, 1.807) is 17.9 Å². The molecule has 4 rings (SSSR count). The molecule has 0 radical (unpaired) electrons. The SMILES string of the molecule is CCc1cnc(N2CCC(C(=O)NO)(S(=O)(=O)N3CCC(Oc4ccc(C(F)(F)F)cc4)CC3)CC2)nc1.Cl. The summed E-state index contributed by atoms with van der Waals surface area (Å²) in [6.07, 6.45) is -0.197. The Bertz CT molecular complexity index is 1220. The van der Waals surface area contributed by atoms with Crippen LogP contribution in [-0.4, -0.2) is 70.8 Å². The summed E-state index contributed by atoms with van der Waals surface area (Å²) in [4.78, 5) is 23.3. The number of aromatic nitrogens is 2. The molecule has 1 aromatic carbocycles. The lowest BCUT2D eigenvalue weighted by molar-refractivity contribution is -0.137. The number of alkyl halides is 3. The molecule has 2 saturated heterocycles. The average Bonchev–Trinajstić information content (AvgIpc) is 2.92. The zero-order valence-corrected chi connectivity index (χ0v) is 22.9. The maximum atomic E-state index is 13.7. The summed E-state index contributed by atoms with van der Waals surface area (Å²) in [6, 6.07) is 4.34. The Morgan fingerprint density at radius 2 is 1.67 bits per heavy atom. The molecule has 0 saturated carbocycles. The highest BCUT2D eigenvalue weighted by molar-refractivity contribution is 7.91. The van der Waals surface area contributed by atoms with Gasteiger partial charge in [0.2, 0.25) is 16.0 Å². The number of carbonyl (C=O) groups is 1. The van der Waals surface area contributed by atoms with Crippen LogP contribution in [0.15, 0.2) is 36.7 Å². The van der Waals surface area contributed by atoms with Gasteiger partial charge in [-0.2, -0.15) is 13.2 Å². The smallest absolute Gasteiger partial charge is 0.416 e. The van der Waals surface area contributed by atoms with E-state index in [1.807, 2.05) is 11.8 Å². The van der Waals surface area contributed by atoms with Crippen LogP contribution in [0.3, 0.4) is 0 Å². The summed E-state index contributed by atoms with van der Waals surface area (Å²) in [5.41, 5.74) is 1.73. The predicted molar refractivity (Wildman–Crippen MR) is 138 cm³/mol. The zero-order chi connectivity index (χ0) is 27.6. The number of hydrogen-bond donors (Lipinski definition) is 2. The van der Waals surface area contributed by atoms with E-state index in [1.165, 1.54) is 16.4 Å². The first-order chi connectivity index (χ1) is 18.0. The standard InChI is InChI=1S/C24H30F3N5O5S.ClH/c1-2-17-15-28-22(29-16-17)31-13-9-23(10-14-31,21(33)30-34)38(35,36)32-11-7-20(8-12-32)37-19-5-3-18(4-6-19)24(25,26)27;/h3-6,15-16,20,34H,2,7-14H2,1H3,(H,30,33);1H. The van der Waals surface area contributed by atoms with Gasteiger partial charge in [0.15, 0.2) is 4.75 Å². The molecule has 0 spiro atoms. The second kappa shape index (κ2) is 12.2. The van der Waals surface area contributed by atoms with Gasteiger partial charge in [0.25, 0.3) is 5.91 Å². The minimum atomic E-state index is -4.45. The number of anilines is 1. The number of benzene rings is 1. The van der Waals surface area contributed by atoms with Gasteiger partial charge in [-0.3, -0.25) is 10.0 Å². The monoisotopic (exact) mass is 593 g/mol. The van der Waals surface area contributed by atoms with E-state index in [0.717, 1.165) is 24.1 Å². The molecular formula is C24H31ClF3N5O5S. The van der Waals surface area contributed by atoms with E-state index in [4.69, 9.17) is 4.74 Å². The van der Waals surface area contributed by atoms with Gasteiger partial charge in [0.1, 0.15) is 11.9 Å². The molecule has 1 aromatic heterocycles. The van der Waals surface area contributed by atoms with Gasteiger partial charge in [-0.05, 0) is 61.9 Å². The summed E-state index contributed by atoms with van der Waals surface area (Å²) in [5.74, 6) is -0.279. The number of halogens is 4. The summed E-state index contributed by atoms with van der Waals surface area (Å²) in [7, 11) is -4.18. The maximum Gasteiger partial charge on any atom is 0.416 e. The molecule has 3 heterocycles. The normalized spacial score (nSPS) is 18.7. The first kappa shape index (κ1) is 30.9. The largest absolute Gasteiger partial charge is 0.490 e. The maximum absolute atomic E-state index is 13.7. The number of hydroxylamine groups is 1. The highest BCUT2D eigenvalue weighted by Gasteiger charge is 2.55. The molecule has 0 aliphatic carbocycles. The van der Waals surface area contributed by atoms with E-state index in [9.17, 15) is 31.6 Å². The fraction of sp³-hybridized carbons (Fsp3) is 0.542. The molecule has 39 heavy (non-hydrogen) atoms. The molecule has 2 N–H and O–H groups in total.